The van der Waals surface area contributed by atoms with E-state index < -0.39 is 16.6 Å². The molecule has 0 atom stereocenters. The van der Waals surface area contributed by atoms with Crippen molar-refractivity contribution in [2.24, 2.45) is 0 Å². The van der Waals surface area contributed by atoms with Crippen molar-refractivity contribution in [3.8, 4) is 0 Å². The van der Waals surface area contributed by atoms with E-state index in [0.29, 0.717) is 12.7 Å². The fraction of sp³-hybridized carbons (Fsp3) is 0.900. The smallest absolute Gasteiger partial charge is 0.305 e. The van der Waals surface area contributed by atoms with E-state index in [9.17, 15) is 4.79 Å². The molecule has 0 amide bonds. The summed E-state index contributed by atoms with van der Waals surface area (Å²) in [6.45, 7) is 10.6. The molecule has 0 spiro atoms. The average molecular weight is 374 g/mol. The average Bonchev–Trinajstić information content (AvgIpc) is 2.14. The number of hydrogen-bond donors (Lipinski definition) is 0. The zero-order valence-corrected chi connectivity index (χ0v) is 15.1. The van der Waals surface area contributed by atoms with Gasteiger partial charge in [0.2, 0.25) is 8.32 Å². The number of rotatable bonds is 7. The Morgan fingerprint density at radius 2 is 1.75 bits per heavy atom. The Labute approximate surface area is 115 Å². The Balaban J connectivity index is 4.09. The van der Waals surface area contributed by atoms with E-state index in [4.69, 9.17) is 8.85 Å². The molecule has 0 bridgehead atoms. The van der Waals surface area contributed by atoms with Gasteiger partial charge in [0, 0.05) is 10.5 Å². The summed E-state index contributed by atoms with van der Waals surface area (Å²) in [7, 11) is -3.38. The molecule has 0 aromatic heterocycles. The number of halogens is 1. The van der Waals surface area contributed by atoms with Crippen molar-refractivity contribution in [1.29, 1.82) is 0 Å². The van der Waals surface area contributed by atoms with E-state index >= 15 is 0 Å². The van der Waals surface area contributed by atoms with E-state index in [1.807, 2.05) is 6.92 Å². The van der Waals surface area contributed by atoms with E-state index in [0.717, 1.165) is 10.5 Å². The van der Waals surface area contributed by atoms with E-state index in [1.165, 1.54) is 0 Å². The molecule has 0 saturated heterocycles. The van der Waals surface area contributed by atoms with Crippen LogP contribution in [-0.4, -0.2) is 32.9 Å². The summed E-state index contributed by atoms with van der Waals surface area (Å²) in [6, 6.07) is 0. The summed E-state index contributed by atoms with van der Waals surface area (Å²) in [5, 5.41) is 0. The Bertz CT molecular complexity index is 232. The van der Waals surface area contributed by atoms with Crippen LogP contribution in [0, 0.1) is 0 Å². The van der Waals surface area contributed by atoms with Crippen molar-refractivity contribution in [2.75, 3.05) is 10.3 Å². The third-order valence-electron chi connectivity index (χ3n) is 1.91. The number of esters is 1. The molecule has 0 aromatic rings. The van der Waals surface area contributed by atoms with Gasteiger partial charge in [-0.25, -0.2) is 0 Å². The minimum atomic E-state index is -1.84. The first-order valence-corrected chi connectivity index (χ1v) is 13.4. The second-order valence-electron chi connectivity index (χ2n) is 5.17. The predicted molar refractivity (Wildman–Crippen MR) is 80.8 cm³/mol. The summed E-state index contributed by atoms with van der Waals surface area (Å²) in [5.74, 6) is -0.0966. The van der Waals surface area contributed by atoms with Gasteiger partial charge in [0.25, 0.3) is 0 Å². The van der Waals surface area contributed by atoms with E-state index in [2.05, 4.69) is 48.8 Å². The van der Waals surface area contributed by atoms with Crippen molar-refractivity contribution in [1.82, 2.24) is 0 Å². The SMILES string of the molecule is CCCC(=O)OC[Si](C)(C)O[Si](C)(C)CI. The maximum absolute atomic E-state index is 11.3. The van der Waals surface area contributed by atoms with Crippen molar-refractivity contribution >= 4 is 45.2 Å². The monoisotopic (exact) mass is 374 g/mol. The molecule has 0 aliphatic carbocycles. The molecule has 0 fully saturated rings. The second-order valence-corrected chi connectivity index (χ2v) is 15.9. The maximum atomic E-state index is 11.3. The van der Waals surface area contributed by atoms with Gasteiger partial charge in [-0.3, -0.25) is 4.79 Å². The molecule has 6 heteroatoms. The molecule has 96 valence electrons. The Morgan fingerprint density at radius 3 is 2.19 bits per heavy atom. The van der Waals surface area contributed by atoms with Crippen molar-refractivity contribution in [3.05, 3.63) is 0 Å². The van der Waals surface area contributed by atoms with Crippen LogP contribution in [0.4, 0.5) is 0 Å². The molecule has 0 heterocycles. The summed E-state index contributed by atoms with van der Waals surface area (Å²) in [6.07, 6.45) is 1.84. The highest BCUT2D eigenvalue weighted by Crippen LogP contribution is 2.17. The van der Waals surface area contributed by atoms with Gasteiger partial charge < -0.3 is 8.85 Å². The van der Waals surface area contributed by atoms with Gasteiger partial charge in [0.15, 0.2) is 8.32 Å². The molecule has 0 aliphatic heterocycles. The summed E-state index contributed by atoms with van der Waals surface area (Å²) in [5.41, 5.74) is 0. The lowest BCUT2D eigenvalue weighted by molar-refractivity contribution is -0.142. The highest BCUT2D eigenvalue weighted by molar-refractivity contribution is 14.1. The molecule has 0 aromatic carbocycles. The molecule has 3 nitrogen and oxygen atoms in total. The van der Waals surface area contributed by atoms with Crippen molar-refractivity contribution < 1.29 is 13.6 Å². The van der Waals surface area contributed by atoms with Crippen LogP contribution in [0.1, 0.15) is 19.8 Å². The van der Waals surface area contributed by atoms with Crippen molar-refractivity contribution in [3.63, 3.8) is 0 Å². The Hall–Kier alpha value is 0.594. The lowest BCUT2D eigenvalue weighted by atomic mass is 10.3. The van der Waals surface area contributed by atoms with Crippen LogP contribution in [0.15, 0.2) is 0 Å². The van der Waals surface area contributed by atoms with Crippen LogP contribution in [0.2, 0.25) is 26.2 Å². The molecular weight excluding hydrogens is 351 g/mol. The molecule has 16 heavy (non-hydrogen) atoms. The third kappa shape index (κ3) is 7.80. The maximum Gasteiger partial charge on any atom is 0.305 e. The van der Waals surface area contributed by atoms with Gasteiger partial charge in [0.1, 0.15) is 6.23 Å². The van der Waals surface area contributed by atoms with Gasteiger partial charge in [-0.1, -0.05) is 29.5 Å². The van der Waals surface area contributed by atoms with Gasteiger partial charge in [-0.15, -0.1) is 0 Å². The van der Waals surface area contributed by atoms with Crippen LogP contribution in [-0.2, 0) is 13.6 Å². The minimum absolute atomic E-state index is 0.0966. The first-order chi connectivity index (χ1) is 7.22. The largest absolute Gasteiger partial charge is 0.466 e. The normalized spacial score (nSPS) is 12.6. The van der Waals surface area contributed by atoms with Gasteiger partial charge >= 0.3 is 5.97 Å². The highest BCUT2D eigenvalue weighted by atomic mass is 127. The zero-order chi connectivity index (χ0) is 12.8. The van der Waals surface area contributed by atoms with E-state index in [1.54, 1.807) is 0 Å². The zero-order valence-electron chi connectivity index (χ0n) is 10.9. The lowest BCUT2D eigenvalue weighted by Crippen LogP contribution is -2.49. The first kappa shape index (κ1) is 16.6. The number of hydrogen-bond acceptors (Lipinski definition) is 3. The number of carbonyl (C=O) groups is 1. The van der Waals surface area contributed by atoms with Crippen LogP contribution < -0.4 is 0 Å². The van der Waals surface area contributed by atoms with Gasteiger partial charge in [0.05, 0.1) is 0 Å². The number of ether oxygens (including phenoxy) is 1. The summed E-state index contributed by atoms with van der Waals surface area (Å²) in [4.78, 5) is 11.3. The topological polar surface area (TPSA) is 35.5 Å². The molecule has 0 N–H and O–H groups in total. The van der Waals surface area contributed by atoms with Crippen LogP contribution in [0.5, 0.6) is 0 Å². The van der Waals surface area contributed by atoms with E-state index in [-0.39, 0.29) is 5.97 Å². The standard InChI is InChI=1S/C10H23IO3Si2/c1-6-7-10(12)13-9-16(4,5)14-15(2,3)8-11/h6-9H2,1-5H3. The van der Waals surface area contributed by atoms with Gasteiger partial charge in [-0.2, -0.15) is 0 Å². The second kappa shape index (κ2) is 7.12. The summed E-state index contributed by atoms with van der Waals surface area (Å²) >= 11 is 2.38. The number of alkyl halides is 1. The highest BCUT2D eigenvalue weighted by Gasteiger charge is 2.33. The fourth-order valence-electron chi connectivity index (χ4n) is 1.34. The number of carbonyl (C=O) groups excluding carboxylic acids is 1. The molecule has 0 aliphatic rings. The molecule has 0 saturated carbocycles. The van der Waals surface area contributed by atoms with Crippen LogP contribution in [0.3, 0.4) is 0 Å². The first-order valence-electron chi connectivity index (χ1n) is 5.64. The quantitative estimate of drug-likeness (QED) is 0.297. The fourth-order valence-corrected chi connectivity index (χ4v) is 9.68. The van der Waals surface area contributed by atoms with Gasteiger partial charge in [-0.05, 0) is 32.6 Å². The Kier molecular flexibility index (Phi) is 7.39. The molecule has 0 unspecified atom stereocenters. The van der Waals surface area contributed by atoms with Crippen LogP contribution >= 0.6 is 22.6 Å². The minimum Gasteiger partial charge on any atom is -0.466 e. The van der Waals surface area contributed by atoms with Crippen LogP contribution in [0.25, 0.3) is 0 Å². The lowest BCUT2D eigenvalue weighted by Gasteiger charge is -2.32. The third-order valence-corrected chi connectivity index (χ3v) is 13.3. The summed E-state index contributed by atoms with van der Waals surface area (Å²) < 4.78 is 12.5. The Morgan fingerprint density at radius 1 is 1.19 bits per heavy atom. The molecular formula is C10H23IO3Si2. The predicted octanol–water partition coefficient (Wildman–Crippen LogP) is 3.27. The van der Waals surface area contributed by atoms with Crippen molar-refractivity contribution in [2.45, 2.75) is 46.0 Å². The molecule has 0 rings (SSSR count). The molecule has 0 radical (unpaired) electrons.